The number of alkyl halides is 6. The van der Waals surface area contributed by atoms with Crippen LogP contribution in [0.2, 0.25) is 0 Å². The summed E-state index contributed by atoms with van der Waals surface area (Å²) in [4.78, 5) is 3.73. The number of rotatable bonds is 5. The molecule has 0 atom stereocenters. The van der Waals surface area contributed by atoms with E-state index < -0.39 is 33.4 Å². The number of aryl methyl sites for hydroxylation is 1. The first-order valence-corrected chi connectivity index (χ1v) is 14.2. The minimum Gasteiger partial charge on any atom is -0.306 e. The molecule has 1 aliphatic heterocycles. The van der Waals surface area contributed by atoms with Crippen LogP contribution in [0.15, 0.2) is 84.0 Å². The fourth-order valence-electron chi connectivity index (χ4n) is 4.62. The zero-order valence-corrected chi connectivity index (χ0v) is 23.1. The summed E-state index contributed by atoms with van der Waals surface area (Å²) >= 11 is 0. The Balaban J connectivity index is 1.72. The molecule has 4 aromatic rings. The first-order chi connectivity index (χ1) is 19.5. The van der Waals surface area contributed by atoms with E-state index in [0.717, 1.165) is 24.6 Å². The number of sulfone groups is 1. The molecule has 0 spiro atoms. The van der Waals surface area contributed by atoms with Gasteiger partial charge in [-0.05, 0) is 54.4 Å². The zero-order chi connectivity index (χ0) is 30.6. The summed E-state index contributed by atoms with van der Waals surface area (Å²) in [5, 5.41) is 2.98. The van der Waals surface area contributed by atoms with Crippen molar-refractivity contribution in [3.63, 3.8) is 0 Å². The van der Waals surface area contributed by atoms with Crippen LogP contribution in [-0.2, 0) is 22.2 Å². The number of aromatic nitrogens is 2. The second-order valence-corrected chi connectivity index (χ2v) is 11.6. The molecule has 2 heterocycles. The van der Waals surface area contributed by atoms with Gasteiger partial charge in [-0.2, -0.15) is 26.3 Å². The number of hydrogen-bond acceptors (Lipinski definition) is 6. The van der Waals surface area contributed by atoms with Gasteiger partial charge in [0.2, 0.25) is 0 Å². The van der Waals surface area contributed by atoms with Gasteiger partial charge >= 0.3 is 12.4 Å². The second kappa shape index (κ2) is 10.2. The minimum absolute atomic E-state index is 0.0230. The van der Waals surface area contributed by atoms with Gasteiger partial charge in [0.05, 0.1) is 27.5 Å². The van der Waals surface area contributed by atoms with E-state index in [4.69, 9.17) is 0 Å². The molecule has 3 aromatic carbocycles. The number of anilines is 1. The molecule has 42 heavy (non-hydrogen) atoms. The highest BCUT2D eigenvalue weighted by Crippen LogP contribution is 2.40. The maximum absolute atomic E-state index is 13.5. The summed E-state index contributed by atoms with van der Waals surface area (Å²) in [5.41, 5.74) is 2.94. The highest BCUT2D eigenvalue weighted by Gasteiger charge is 2.36. The molecule has 220 valence electrons. The molecule has 5 rings (SSSR count). The quantitative estimate of drug-likeness (QED) is 0.263. The van der Waals surface area contributed by atoms with Crippen LogP contribution in [0.3, 0.4) is 0 Å². The van der Waals surface area contributed by atoms with Gasteiger partial charge < -0.3 is 9.99 Å². The second-order valence-electron chi connectivity index (χ2n) is 9.62. The average molecular weight is 608 g/mol. The zero-order valence-electron chi connectivity index (χ0n) is 22.3. The Morgan fingerprint density at radius 3 is 2.12 bits per heavy atom. The van der Waals surface area contributed by atoms with E-state index in [2.05, 4.69) is 10.4 Å². The Bertz CT molecular complexity index is 1810. The van der Waals surface area contributed by atoms with E-state index in [0.29, 0.717) is 11.1 Å². The molecule has 0 unspecified atom stereocenters. The Morgan fingerprint density at radius 1 is 0.810 bits per heavy atom. The molecule has 0 bridgehead atoms. The van der Waals surface area contributed by atoms with Crippen molar-refractivity contribution in [2.45, 2.75) is 24.2 Å². The van der Waals surface area contributed by atoms with Crippen LogP contribution in [0.5, 0.6) is 0 Å². The van der Waals surface area contributed by atoms with Crippen LogP contribution in [-0.4, -0.2) is 36.4 Å². The van der Waals surface area contributed by atoms with E-state index in [1.807, 2.05) is 0 Å². The highest BCUT2D eigenvalue weighted by molar-refractivity contribution is 7.90. The van der Waals surface area contributed by atoms with Gasteiger partial charge in [-0.15, -0.1) is 5.12 Å². The summed E-state index contributed by atoms with van der Waals surface area (Å²) in [5.74, 6) is 0.0230. The number of hydrazine groups is 2. The van der Waals surface area contributed by atoms with Gasteiger partial charge in [0, 0.05) is 31.3 Å². The number of halogens is 6. The van der Waals surface area contributed by atoms with Gasteiger partial charge in [-0.1, -0.05) is 30.3 Å². The molecule has 0 radical (unpaired) electrons. The van der Waals surface area contributed by atoms with Crippen molar-refractivity contribution < 1.29 is 34.8 Å². The third kappa shape index (κ3) is 5.59. The normalized spacial score (nSPS) is 14.7. The number of benzene rings is 3. The predicted octanol–water partition coefficient (Wildman–Crippen LogP) is 6.46. The lowest BCUT2D eigenvalue weighted by Gasteiger charge is -2.31. The number of nitrogens with one attached hydrogen (secondary N) is 1. The van der Waals surface area contributed by atoms with Crippen LogP contribution in [0.1, 0.15) is 22.6 Å². The molecule has 7 nitrogen and oxygen atoms in total. The van der Waals surface area contributed by atoms with Crippen molar-refractivity contribution >= 4 is 21.2 Å². The van der Waals surface area contributed by atoms with Crippen molar-refractivity contribution in [1.29, 1.82) is 0 Å². The molecule has 0 saturated heterocycles. The Labute approximate surface area is 237 Å². The molecular weight excluding hydrogens is 584 g/mol. The summed E-state index contributed by atoms with van der Waals surface area (Å²) in [7, 11) is -1.96. The van der Waals surface area contributed by atoms with Crippen molar-refractivity contribution in [2.75, 3.05) is 18.3 Å². The standard InChI is InChI=1S/C28H23F6N5O2S/c1-17-36-26(28(32,33)34)16-38(17)23-11-10-19(18-6-5-9-22(13-18)42(3,40)41)14-24(23)39-25(15-35-37(39)2)20-7-4-8-21(12-20)27(29,30)31/h4-16,35H,1-3H3. The van der Waals surface area contributed by atoms with E-state index in [1.54, 1.807) is 37.4 Å². The largest absolute Gasteiger partial charge is 0.434 e. The molecule has 0 fully saturated rings. The van der Waals surface area contributed by atoms with Crippen LogP contribution in [0, 0.1) is 6.92 Å². The Kier molecular flexibility index (Phi) is 7.10. The minimum atomic E-state index is -4.71. The van der Waals surface area contributed by atoms with Gasteiger partial charge in [0.15, 0.2) is 15.5 Å². The van der Waals surface area contributed by atoms with E-state index in [-0.39, 0.29) is 33.4 Å². The SMILES string of the molecule is Cc1nc(C(F)(F)F)cn1-c1ccc(-c2cccc(S(C)(=O)=O)c2)cc1N1C(c2cccc(C(F)(F)F)c2)=CNN1C. The Hall–Kier alpha value is -4.30. The number of imidazole rings is 1. The van der Waals surface area contributed by atoms with Gasteiger partial charge in [0.1, 0.15) is 5.82 Å². The molecular formula is C28H23F6N5O2S. The van der Waals surface area contributed by atoms with Crippen LogP contribution < -0.4 is 10.4 Å². The summed E-state index contributed by atoms with van der Waals surface area (Å²) in [6.45, 7) is 1.40. The van der Waals surface area contributed by atoms with Gasteiger partial charge in [0.25, 0.3) is 0 Å². The third-order valence-electron chi connectivity index (χ3n) is 6.63. The summed E-state index contributed by atoms with van der Waals surface area (Å²) < 4.78 is 107. The van der Waals surface area contributed by atoms with Gasteiger partial charge in [-0.25, -0.2) is 13.4 Å². The molecule has 1 aromatic heterocycles. The highest BCUT2D eigenvalue weighted by atomic mass is 32.2. The lowest BCUT2D eigenvalue weighted by Crippen LogP contribution is -2.40. The van der Waals surface area contributed by atoms with Crippen molar-refractivity contribution in [2.24, 2.45) is 0 Å². The van der Waals surface area contributed by atoms with E-state index in [1.165, 1.54) is 52.1 Å². The fourth-order valence-corrected chi connectivity index (χ4v) is 5.29. The van der Waals surface area contributed by atoms with Crippen LogP contribution in [0.25, 0.3) is 22.5 Å². The first kappa shape index (κ1) is 29.2. The van der Waals surface area contributed by atoms with E-state index >= 15 is 0 Å². The van der Waals surface area contributed by atoms with Crippen LogP contribution in [0.4, 0.5) is 32.0 Å². The monoisotopic (exact) mass is 607 g/mol. The van der Waals surface area contributed by atoms with Crippen molar-refractivity contribution in [3.05, 3.63) is 102 Å². The smallest absolute Gasteiger partial charge is 0.306 e. The van der Waals surface area contributed by atoms with E-state index in [9.17, 15) is 34.8 Å². The van der Waals surface area contributed by atoms with Crippen LogP contribution >= 0.6 is 0 Å². The molecule has 1 aliphatic rings. The summed E-state index contributed by atoms with van der Waals surface area (Å²) in [6, 6.07) is 15.6. The maximum Gasteiger partial charge on any atom is 0.434 e. The molecule has 1 N–H and O–H groups in total. The number of hydrogen-bond donors (Lipinski definition) is 1. The summed E-state index contributed by atoms with van der Waals surface area (Å²) in [6.07, 6.45) is -5.93. The van der Waals surface area contributed by atoms with Gasteiger partial charge in [-0.3, -0.25) is 5.01 Å². The molecule has 0 saturated carbocycles. The topological polar surface area (TPSA) is 70.5 Å². The predicted molar refractivity (Wildman–Crippen MR) is 145 cm³/mol. The molecule has 0 aliphatic carbocycles. The van der Waals surface area contributed by atoms with Crippen molar-refractivity contribution in [3.8, 4) is 16.8 Å². The third-order valence-corrected chi connectivity index (χ3v) is 7.74. The maximum atomic E-state index is 13.5. The lowest BCUT2D eigenvalue weighted by molar-refractivity contribution is -0.141. The number of nitrogens with zero attached hydrogens (tertiary/aromatic N) is 4. The Morgan fingerprint density at radius 2 is 1.48 bits per heavy atom. The lowest BCUT2D eigenvalue weighted by atomic mass is 10.0. The average Bonchev–Trinajstić information content (AvgIpc) is 3.50. The fraction of sp³-hybridized carbons (Fsp3) is 0.179. The molecule has 0 amide bonds. The first-order valence-electron chi connectivity index (χ1n) is 12.3. The molecule has 14 heteroatoms. The van der Waals surface area contributed by atoms with Crippen molar-refractivity contribution in [1.82, 2.24) is 20.1 Å².